The molecule has 0 fully saturated rings. The molecule has 2 aromatic carbocycles. The second kappa shape index (κ2) is 4.49. The fraction of sp³-hybridized carbons (Fsp3) is 0.0625. The van der Waals surface area contributed by atoms with Gasteiger partial charge in [0.1, 0.15) is 5.75 Å². The van der Waals surface area contributed by atoms with Gasteiger partial charge in [-0.2, -0.15) is 0 Å². The van der Waals surface area contributed by atoms with Crippen LogP contribution in [0, 0.1) is 0 Å². The molecule has 0 unspecified atom stereocenters. The van der Waals surface area contributed by atoms with Crippen molar-refractivity contribution in [1.82, 2.24) is 0 Å². The number of para-hydroxylation sites is 1. The Hall–Kier alpha value is -2.35. The van der Waals surface area contributed by atoms with Crippen molar-refractivity contribution in [2.24, 2.45) is 0 Å². The van der Waals surface area contributed by atoms with Gasteiger partial charge in [0.05, 0.1) is 18.1 Å². The third kappa shape index (κ3) is 1.93. The van der Waals surface area contributed by atoms with Gasteiger partial charge in [-0.3, -0.25) is 0 Å². The maximum absolute atomic E-state index is 5.89. The molecule has 0 atom stereocenters. The number of rotatable bonds is 2. The highest BCUT2D eigenvalue weighted by Gasteiger charge is 2.14. The van der Waals surface area contributed by atoms with E-state index >= 15 is 0 Å². The molecule has 2 heteroatoms. The lowest BCUT2D eigenvalue weighted by Gasteiger charge is -1.99. The Morgan fingerprint density at radius 2 is 1.78 bits per heavy atom. The Bertz CT molecular complexity index is 689. The Balaban J connectivity index is 2.13. The summed E-state index contributed by atoms with van der Waals surface area (Å²) in [5, 5.41) is 1.10. The molecule has 0 saturated heterocycles. The van der Waals surface area contributed by atoms with Crippen LogP contribution in [0.4, 0.5) is 0 Å². The fourth-order valence-electron chi connectivity index (χ4n) is 1.96. The van der Waals surface area contributed by atoms with Crippen LogP contribution in [0.5, 0.6) is 5.75 Å². The Morgan fingerprint density at radius 3 is 2.67 bits per heavy atom. The third-order valence-electron chi connectivity index (χ3n) is 2.91. The number of hydrogen-bond donors (Lipinski definition) is 0. The van der Waals surface area contributed by atoms with E-state index in [0.717, 1.165) is 28.0 Å². The van der Waals surface area contributed by atoms with Crippen molar-refractivity contribution in [2.45, 2.75) is 0 Å². The average Bonchev–Trinajstić information content (AvgIpc) is 2.47. The van der Waals surface area contributed by atoms with Crippen molar-refractivity contribution in [3.8, 4) is 17.1 Å². The summed E-state index contributed by atoms with van der Waals surface area (Å²) in [5.74, 6) is 1.67. The molecule has 1 aromatic heterocycles. The van der Waals surface area contributed by atoms with Crippen LogP contribution in [-0.4, -0.2) is 7.11 Å². The molecular weight excluding hydrogens is 224 g/mol. The van der Waals surface area contributed by atoms with Gasteiger partial charge in [0, 0.05) is 12.1 Å². The molecule has 0 aliphatic carbocycles. The molecule has 0 N–H and O–H groups in total. The molecule has 88 valence electrons. The summed E-state index contributed by atoms with van der Waals surface area (Å²) >= 11 is 0. The smallest absolute Gasteiger partial charge is 0.360 e. The fourth-order valence-corrected chi connectivity index (χ4v) is 1.96. The van der Waals surface area contributed by atoms with Gasteiger partial charge in [-0.15, -0.1) is 0 Å². The minimum Gasteiger partial charge on any atom is -0.497 e. The van der Waals surface area contributed by atoms with Gasteiger partial charge in [0.15, 0.2) is 0 Å². The number of benzene rings is 2. The highest BCUT2D eigenvalue weighted by molar-refractivity contribution is 5.78. The normalized spacial score (nSPS) is 10.5. The lowest BCUT2D eigenvalue weighted by atomic mass is 10.1. The third-order valence-corrected chi connectivity index (χ3v) is 2.91. The van der Waals surface area contributed by atoms with Crippen LogP contribution in [0.2, 0.25) is 0 Å². The standard InChI is InChI=1S/C16H13O2/c1-17-14-7-4-6-13(11-14)16-10-9-12-5-2-3-8-15(12)18-16/h2-11H,1H3/q+1. The monoisotopic (exact) mass is 237 g/mol. The SMILES string of the molecule is COc1cccc(-c2ccc3ccccc3[o+]2)c1. The van der Waals surface area contributed by atoms with Crippen LogP contribution in [-0.2, 0) is 0 Å². The summed E-state index contributed by atoms with van der Waals surface area (Å²) < 4.78 is 11.1. The lowest BCUT2D eigenvalue weighted by molar-refractivity contribution is 0.415. The second-order valence-corrected chi connectivity index (χ2v) is 4.07. The zero-order valence-electron chi connectivity index (χ0n) is 10.1. The number of ether oxygens (including phenoxy) is 1. The maximum atomic E-state index is 5.89. The zero-order valence-corrected chi connectivity index (χ0v) is 10.1. The molecule has 3 aromatic rings. The highest BCUT2D eigenvalue weighted by atomic mass is 16.5. The van der Waals surface area contributed by atoms with Crippen LogP contribution >= 0.6 is 0 Å². The number of methoxy groups -OCH3 is 1. The topological polar surface area (TPSA) is 20.5 Å². The highest BCUT2D eigenvalue weighted by Crippen LogP contribution is 2.26. The molecule has 0 amide bonds. The van der Waals surface area contributed by atoms with Gasteiger partial charge in [-0.1, -0.05) is 18.2 Å². The molecule has 3 rings (SSSR count). The zero-order chi connectivity index (χ0) is 12.4. The molecule has 0 saturated carbocycles. The van der Waals surface area contributed by atoms with Crippen LogP contribution < -0.4 is 4.74 Å². The van der Waals surface area contributed by atoms with E-state index in [4.69, 9.17) is 9.15 Å². The molecule has 2 nitrogen and oxygen atoms in total. The Labute approximate surface area is 105 Å². The van der Waals surface area contributed by atoms with E-state index in [2.05, 4.69) is 6.07 Å². The number of fused-ring (bicyclic) bond motifs is 1. The molecular formula is C16H13O2+. The first-order valence-corrected chi connectivity index (χ1v) is 5.83. The Kier molecular flexibility index (Phi) is 2.69. The van der Waals surface area contributed by atoms with Crippen molar-refractivity contribution in [3.05, 3.63) is 60.7 Å². The van der Waals surface area contributed by atoms with Crippen LogP contribution in [0.15, 0.2) is 65.1 Å². The van der Waals surface area contributed by atoms with Gasteiger partial charge < -0.3 is 4.74 Å². The van der Waals surface area contributed by atoms with E-state index in [1.165, 1.54) is 0 Å². The molecule has 0 aliphatic rings. The van der Waals surface area contributed by atoms with Crippen molar-refractivity contribution >= 4 is 11.0 Å². The van der Waals surface area contributed by atoms with Gasteiger partial charge >= 0.3 is 11.3 Å². The largest absolute Gasteiger partial charge is 0.497 e. The van der Waals surface area contributed by atoms with Gasteiger partial charge in [0.25, 0.3) is 0 Å². The summed E-state index contributed by atoms with van der Waals surface area (Å²) in [6.45, 7) is 0. The predicted octanol–water partition coefficient (Wildman–Crippen LogP) is 4.39. The predicted molar refractivity (Wildman–Crippen MR) is 72.6 cm³/mol. The molecule has 18 heavy (non-hydrogen) atoms. The first kappa shape index (κ1) is 10.8. The van der Waals surface area contributed by atoms with Crippen LogP contribution in [0.25, 0.3) is 22.3 Å². The van der Waals surface area contributed by atoms with Gasteiger partial charge in [0.2, 0.25) is 0 Å². The minimum atomic E-state index is 0.829. The van der Waals surface area contributed by atoms with Crippen LogP contribution in [0.1, 0.15) is 0 Å². The minimum absolute atomic E-state index is 0.829. The molecule has 0 aliphatic heterocycles. The van der Waals surface area contributed by atoms with Crippen molar-refractivity contribution in [3.63, 3.8) is 0 Å². The molecule has 0 bridgehead atoms. The Morgan fingerprint density at radius 1 is 0.889 bits per heavy atom. The summed E-state index contributed by atoms with van der Waals surface area (Å²) in [6.07, 6.45) is 0. The first-order chi connectivity index (χ1) is 8.86. The van der Waals surface area contributed by atoms with E-state index in [9.17, 15) is 0 Å². The maximum Gasteiger partial charge on any atom is 0.360 e. The molecule has 1 heterocycles. The average molecular weight is 237 g/mol. The van der Waals surface area contributed by atoms with Gasteiger partial charge in [-0.05, 0) is 30.3 Å². The van der Waals surface area contributed by atoms with E-state index in [-0.39, 0.29) is 0 Å². The van der Waals surface area contributed by atoms with Gasteiger partial charge in [-0.25, -0.2) is 4.42 Å². The lowest BCUT2D eigenvalue weighted by Crippen LogP contribution is -1.84. The first-order valence-electron chi connectivity index (χ1n) is 5.83. The van der Waals surface area contributed by atoms with Crippen molar-refractivity contribution < 1.29 is 9.15 Å². The summed E-state index contributed by atoms with van der Waals surface area (Å²) in [7, 11) is 1.66. The van der Waals surface area contributed by atoms with E-state index in [1.54, 1.807) is 7.11 Å². The van der Waals surface area contributed by atoms with E-state index < -0.39 is 0 Å². The number of hydrogen-bond acceptors (Lipinski definition) is 1. The van der Waals surface area contributed by atoms with Crippen molar-refractivity contribution in [1.29, 1.82) is 0 Å². The summed E-state index contributed by atoms with van der Waals surface area (Å²) in [4.78, 5) is 0. The van der Waals surface area contributed by atoms with Crippen LogP contribution in [0.3, 0.4) is 0 Å². The second-order valence-electron chi connectivity index (χ2n) is 4.07. The summed E-state index contributed by atoms with van der Waals surface area (Å²) in [6, 6.07) is 19.9. The molecule has 0 spiro atoms. The van der Waals surface area contributed by atoms with Crippen molar-refractivity contribution in [2.75, 3.05) is 7.11 Å². The quantitative estimate of drug-likeness (QED) is 0.616. The summed E-state index contributed by atoms with van der Waals surface area (Å²) in [5.41, 5.74) is 1.90. The van der Waals surface area contributed by atoms with E-state index in [0.29, 0.717) is 0 Å². The van der Waals surface area contributed by atoms with E-state index in [1.807, 2.05) is 54.6 Å². The molecule has 0 radical (unpaired) electrons.